The van der Waals surface area contributed by atoms with Gasteiger partial charge in [-0.15, -0.1) is 0 Å². The summed E-state index contributed by atoms with van der Waals surface area (Å²) in [4.78, 5) is 43.7. The molecule has 0 aromatic heterocycles. The summed E-state index contributed by atoms with van der Waals surface area (Å²) in [5.74, 6) is 0.298. The van der Waals surface area contributed by atoms with Gasteiger partial charge < -0.3 is 19.5 Å². The van der Waals surface area contributed by atoms with Crippen LogP contribution in [0.5, 0.6) is 11.5 Å². The first kappa shape index (κ1) is 26.5. The first-order valence-electron chi connectivity index (χ1n) is 11.5. The van der Waals surface area contributed by atoms with Crippen LogP contribution in [0.1, 0.15) is 15.9 Å². The Bertz CT molecular complexity index is 1380. The second-order valence-electron chi connectivity index (χ2n) is 7.94. The van der Waals surface area contributed by atoms with Gasteiger partial charge in [-0.3, -0.25) is 14.5 Å². The van der Waals surface area contributed by atoms with Gasteiger partial charge in [0.15, 0.2) is 5.17 Å². The summed E-state index contributed by atoms with van der Waals surface area (Å²) in [6.07, 6.45) is 1.69. The van der Waals surface area contributed by atoms with E-state index in [4.69, 9.17) is 9.47 Å². The van der Waals surface area contributed by atoms with Crippen LogP contribution in [0.25, 0.3) is 6.08 Å². The van der Waals surface area contributed by atoms with Crippen molar-refractivity contribution in [3.05, 3.63) is 89.6 Å². The molecule has 38 heavy (non-hydrogen) atoms. The maximum Gasteiger partial charge on any atom is 0.337 e. The lowest BCUT2D eigenvalue weighted by Crippen LogP contribution is -2.31. The van der Waals surface area contributed by atoms with Crippen molar-refractivity contribution in [3.63, 3.8) is 0 Å². The second kappa shape index (κ2) is 12.1. The Labute approximate surface area is 224 Å². The van der Waals surface area contributed by atoms with E-state index in [2.05, 4.69) is 15.0 Å². The van der Waals surface area contributed by atoms with Crippen molar-refractivity contribution in [2.24, 2.45) is 4.99 Å². The zero-order valence-electron chi connectivity index (χ0n) is 21.0. The van der Waals surface area contributed by atoms with Gasteiger partial charge in [-0.1, -0.05) is 23.9 Å². The molecular formula is C28H25N3O6S. The topological polar surface area (TPSA) is 107 Å². The highest BCUT2D eigenvalue weighted by atomic mass is 32.2. The molecule has 9 nitrogen and oxygen atoms in total. The van der Waals surface area contributed by atoms with Gasteiger partial charge in [0.2, 0.25) is 5.91 Å². The zero-order valence-corrected chi connectivity index (χ0v) is 21.8. The molecule has 0 saturated carbocycles. The van der Waals surface area contributed by atoms with E-state index in [1.54, 1.807) is 81.0 Å². The van der Waals surface area contributed by atoms with Gasteiger partial charge in [0, 0.05) is 5.69 Å². The lowest BCUT2D eigenvalue weighted by atomic mass is 10.2. The van der Waals surface area contributed by atoms with Crippen LogP contribution < -0.4 is 19.7 Å². The van der Waals surface area contributed by atoms with Crippen molar-refractivity contribution in [1.29, 1.82) is 0 Å². The van der Waals surface area contributed by atoms with E-state index < -0.39 is 5.97 Å². The van der Waals surface area contributed by atoms with Gasteiger partial charge in [0.1, 0.15) is 17.2 Å². The number of carbonyl (C=O) groups excluding carboxylic acids is 3. The first-order valence-corrected chi connectivity index (χ1v) is 12.4. The molecule has 0 spiro atoms. The van der Waals surface area contributed by atoms with E-state index in [0.717, 1.165) is 17.3 Å². The van der Waals surface area contributed by atoms with Crippen LogP contribution in [0.4, 0.5) is 11.4 Å². The highest BCUT2D eigenvalue weighted by Gasteiger charge is 2.32. The number of methoxy groups -OCH3 is 3. The molecule has 0 saturated heterocycles. The van der Waals surface area contributed by atoms with Crippen LogP contribution in [-0.2, 0) is 14.3 Å². The van der Waals surface area contributed by atoms with E-state index in [1.165, 1.54) is 12.0 Å². The van der Waals surface area contributed by atoms with Crippen molar-refractivity contribution in [2.75, 3.05) is 37.3 Å². The number of rotatable bonds is 8. The van der Waals surface area contributed by atoms with Gasteiger partial charge in [0.25, 0.3) is 5.91 Å². The Morgan fingerprint density at radius 3 is 2.08 bits per heavy atom. The minimum atomic E-state index is -0.459. The Hall–Kier alpha value is -4.57. The first-order chi connectivity index (χ1) is 18.4. The van der Waals surface area contributed by atoms with E-state index in [0.29, 0.717) is 33.6 Å². The molecule has 1 N–H and O–H groups in total. The minimum absolute atomic E-state index is 0.00728. The van der Waals surface area contributed by atoms with Crippen LogP contribution in [0.3, 0.4) is 0 Å². The van der Waals surface area contributed by atoms with Gasteiger partial charge in [-0.25, -0.2) is 9.79 Å². The maximum atomic E-state index is 13.4. The average Bonchev–Trinajstić information content (AvgIpc) is 3.26. The standard InChI is InChI=1S/C28H25N3O6S/c1-35-22-12-4-18(5-13-22)16-24-26(33)31(21-10-14-23(36-2)15-11-21)28(30-24)38-17-25(32)29-20-8-6-19(7-9-20)27(34)37-3/h4-16H,17H2,1-3H3,(H,29,32)/b24-16+. The molecular weight excluding hydrogens is 506 g/mol. The normalized spacial score (nSPS) is 13.8. The third-order valence-corrected chi connectivity index (χ3v) is 6.44. The Kier molecular flexibility index (Phi) is 8.44. The number of amides is 2. The SMILES string of the molecule is COC(=O)c1ccc(NC(=O)CSC2=N/C(=C/c3ccc(OC)cc3)C(=O)N2c2ccc(OC)cc2)cc1. The summed E-state index contributed by atoms with van der Waals surface area (Å²) in [5.41, 5.74) is 2.53. The molecule has 2 amide bonds. The predicted molar refractivity (Wildman–Crippen MR) is 148 cm³/mol. The van der Waals surface area contributed by atoms with Gasteiger partial charge >= 0.3 is 5.97 Å². The fourth-order valence-corrected chi connectivity index (χ4v) is 4.36. The summed E-state index contributed by atoms with van der Waals surface area (Å²) in [7, 11) is 4.45. The molecule has 194 valence electrons. The quantitative estimate of drug-likeness (QED) is 0.334. The molecule has 0 unspecified atom stereocenters. The third kappa shape index (κ3) is 6.22. The third-order valence-electron chi connectivity index (χ3n) is 5.50. The number of hydrogen-bond donors (Lipinski definition) is 1. The van der Waals surface area contributed by atoms with Crippen molar-refractivity contribution in [2.45, 2.75) is 0 Å². The molecule has 10 heteroatoms. The van der Waals surface area contributed by atoms with Crippen molar-refractivity contribution in [3.8, 4) is 11.5 Å². The van der Waals surface area contributed by atoms with Crippen LogP contribution >= 0.6 is 11.8 Å². The molecule has 0 atom stereocenters. The highest BCUT2D eigenvalue weighted by Crippen LogP contribution is 2.31. The number of carbonyl (C=O) groups is 3. The lowest BCUT2D eigenvalue weighted by molar-refractivity contribution is -0.114. The van der Waals surface area contributed by atoms with Gasteiger partial charge in [-0.2, -0.15) is 0 Å². The fourth-order valence-electron chi connectivity index (χ4n) is 3.54. The average molecular weight is 532 g/mol. The molecule has 0 fully saturated rings. The van der Waals surface area contributed by atoms with Crippen molar-refractivity contribution in [1.82, 2.24) is 0 Å². The van der Waals surface area contributed by atoms with Crippen molar-refractivity contribution < 1.29 is 28.6 Å². The van der Waals surface area contributed by atoms with Crippen LogP contribution in [-0.4, -0.2) is 50.0 Å². The summed E-state index contributed by atoms with van der Waals surface area (Å²) < 4.78 is 15.1. The Morgan fingerprint density at radius 2 is 1.50 bits per heavy atom. The molecule has 0 aliphatic carbocycles. The monoisotopic (exact) mass is 531 g/mol. The number of anilines is 2. The molecule has 3 aromatic carbocycles. The molecule has 0 radical (unpaired) electrons. The van der Waals surface area contributed by atoms with E-state index in [1.807, 2.05) is 12.1 Å². The maximum absolute atomic E-state index is 13.4. The van der Waals surface area contributed by atoms with E-state index in [-0.39, 0.29) is 23.3 Å². The minimum Gasteiger partial charge on any atom is -0.497 e. The summed E-state index contributed by atoms with van der Waals surface area (Å²) in [5, 5.41) is 3.15. The van der Waals surface area contributed by atoms with Crippen LogP contribution in [0.15, 0.2) is 83.5 Å². The molecule has 0 bridgehead atoms. The summed E-state index contributed by atoms with van der Waals surface area (Å²) in [6, 6.07) is 20.6. The zero-order chi connectivity index (χ0) is 27.1. The van der Waals surface area contributed by atoms with Gasteiger partial charge in [-0.05, 0) is 72.3 Å². The molecule has 1 aliphatic rings. The number of esters is 1. The number of aliphatic imine (C=N–C) groups is 1. The molecule has 1 aliphatic heterocycles. The Balaban J connectivity index is 1.52. The lowest BCUT2D eigenvalue weighted by Gasteiger charge is -2.18. The number of ether oxygens (including phenoxy) is 3. The number of amidine groups is 1. The predicted octanol–water partition coefficient (Wildman–Crippen LogP) is 4.61. The molecule has 1 heterocycles. The number of nitrogens with one attached hydrogen (secondary N) is 1. The largest absolute Gasteiger partial charge is 0.497 e. The smallest absolute Gasteiger partial charge is 0.337 e. The summed E-state index contributed by atoms with van der Waals surface area (Å²) in [6.45, 7) is 0. The van der Waals surface area contributed by atoms with Gasteiger partial charge in [0.05, 0.1) is 38.3 Å². The molecule has 4 rings (SSSR count). The fraction of sp³-hybridized carbons (Fsp3) is 0.143. The second-order valence-corrected chi connectivity index (χ2v) is 8.88. The highest BCUT2D eigenvalue weighted by molar-refractivity contribution is 8.14. The summed E-state index contributed by atoms with van der Waals surface area (Å²) >= 11 is 1.14. The van der Waals surface area contributed by atoms with Crippen LogP contribution in [0, 0.1) is 0 Å². The number of hydrogen-bond acceptors (Lipinski definition) is 8. The Morgan fingerprint density at radius 1 is 0.895 bits per heavy atom. The van der Waals surface area contributed by atoms with E-state index >= 15 is 0 Å². The molecule has 3 aromatic rings. The number of nitrogens with zero attached hydrogens (tertiary/aromatic N) is 2. The van der Waals surface area contributed by atoms with Crippen LogP contribution in [0.2, 0.25) is 0 Å². The number of benzene rings is 3. The van der Waals surface area contributed by atoms with Crippen molar-refractivity contribution >= 4 is 52.2 Å². The van der Waals surface area contributed by atoms with E-state index in [9.17, 15) is 14.4 Å². The number of thioether (sulfide) groups is 1.